The Bertz CT molecular complexity index is 1210. The Labute approximate surface area is 217 Å². The second kappa shape index (κ2) is 10.6. The van der Waals surface area contributed by atoms with Gasteiger partial charge in [0, 0.05) is 39.9 Å². The number of rotatable bonds is 5. The number of hydrogen-bond acceptors (Lipinski definition) is 5. The number of nitrogens with zero attached hydrogens (tertiary/aromatic N) is 1. The lowest BCUT2D eigenvalue weighted by Gasteiger charge is -2.37. The highest BCUT2D eigenvalue weighted by Gasteiger charge is 2.46. The predicted octanol–water partition coefficient (Wildman–Crippen LogP) is 6.80. The predicted molar refractivity (Wildman–Crippen MR) is 141 cm³/mol. The summed E-state index contributed by atoms with van der Waals surface area (Å²) in [5.74, 6) is -0.722. The summed E-state index contributed by atoms with van der Waals surface area (Å²) in [7, 11) is 1.62. The van der Waals surface area contributed by atoms with E-state index in [9.17, 15) is 9.59 Å². The Hall–Kier alpha value is -2.92. The largest absolute Gasteiger partial charge is 0.496 e. The van der Waals surface area contributed by atoms with Crippen LogP contribution < -0.4 is 4.74 Å². The van der Waals surface area contributed by atoms with Gasteiger partial charge < -0.3 is 9.47 Å². The van der Waals surface area contributed by atoms with Crippen molar-refractivity contribution in [3.63, 3.8) is 0 Å². The molecular weight excluding hydrogens is 474 g/mol. The zero-order valence-corrected chi connectivity index (χ0v) is 21.6. The van der Waals surface area contributed by atoms with Gasteiger partial charge in [-0.3, -0.25) is 14.6 Å². The van der Waals surface area contributed by atoms with Crippen LogP contribution in [0.15, 0.2) is 64.8 Å². The van der Waals surface area contributed by atoms with Crippen LogP contribution in [0.3, 0.4) is 0 Å². The maximum absolute atomic E-state index is 13.8. The molecule has 5 nitrogen and oxygen atoms in total. The first kappa shape index (κ1) is 24.8. The maximum Gasteiger partial charge on any atom is 0.315 e. The van der Waals surface area contributed by atoms with E-state index in [4.69, 9.17) is 26.1 Å². The minimum atomic E-state index is -0.655. The second-order valence-electron chi connectivity index (χ2n) is 10.1. The first-order valence-electron chi connectivity index (χ1n) is 12.9. The van der Waals surface area contributed by atoms with Gasteiger partial charge in [-0.2, -0.15) is 0 Å². The number of ketones is 1. The van der Waals surface area contributed by atoms with Gasteiger partial charge in [-0.1, -0.05) is 48.4 Å². The van der Waals surface area contributed by atoms with Gasteiger partial charge in [-0.15, -0.1) is 0 Å². The van der Waals surface area contributed by atoms with Crippen molar-refractivity contribution in [2.45, 2.75) is 69.8 Å². The third kappa shape index (κ3) is 4.86. The normalized spacial score (nSPS) is 24.7. The third-order valence-electron chi connectivity index (χ3n) is 7.79. The molecule has 0 bridgehead atoms. The molecule has 36 heavy (non-hydrogen) atoms. The van der Waals surface area contributed by atoms with Crippen LogP contribution in [-0.2, 0) is 14.3 Å². The van der Waals surface area contributed by atoms with Crippen molar-refractivity contribution < 1.29 is 19.1 Å². The summed E-state index contributed by atoms with van der Waals surface area (Å²) in [6, 6.07) is 15.3. The van der Waals surface area contributed by atoms with Crippen LogP contribution in [0.4, 0.5) is 0 Å². The molecule has 1 aliphatic heterocycles. The number of carbonyl (C=O) groups excluding carboxylic acids is 2. The summed E-state index contributed by atoms with van der Waals surface area (Å²) in [5.41, 5.74) is 3.97. The molecule has 1 heterocycles. The molecule has 188 valence electrons. The first-order chi connectivity index (χ1) is 17.5. The van der Waals surface area contributed by atoms with Gasteiger partial charge in [0.1, 0.15) is 17.8 Å². The van der Waals surface area contributed by atoms with E-state index < -0.39 is 11.8 Å². The number of ether oxygens (including phenoxy) is 2. The van der Waals surface area contributed by atoms with E-state index in [0.717, 1.165) is 42.5 Å². The van der Waals surface area contributed by atoms with E-state index in [1.165, 1.54) is 6.42 Å². The highest BCUT2D eigenvalue weighted by Crippen LogP contribution is 2.48. The quantitative estimate of drug-likeness (QED) is 0.419. The van der Waals surface area contributed by atoms with Gasteiger partial charge in [-0.25, -0.2) is 0 Å². The Morgan fingerprint density at radius 2 is 1.72 bits per heavy atom. The lowest BCUT2D eigenvalue weighted by atomic mass is 9.69. The molecule has 5 rings (SSSR count). The standard InChI is InChI=1S/C30H32ClNO4/c1-18-27(30(34)36-22-8-4-3-5-9-22)28(23-10-6-7-11-26(23)35-2)29-24(32-18)16-20(17-25(29)33)19-12-14-21(31)15-13-19/h6-7,10-15,20,22,27-28H,3-5,8-9,16-17H2,1-2H3/t20-,27?,28+/m0/s1. The number of esters is 1. The highest BCUT2D eigenvalue weighted by atomic mass is 35.5. The fourth-order valence-electron chi connectivity index (χ4n) is 6.02. The number of methoxy groups -OCH3 is 1. The first-order valence-corrected chi connectivity index (χ1v) is 13.2. The number of aliphatic imine (C=N–C) groups is 1. The monoisotopic (exact) mass is 505 g/mol. The molecule has 3 aliphatic rings. The van der Waals surface area contributed by atoms with Crippen LogP contribution in [0.5, 0.6) is 5.75 Å². The molecule has 1 saturated carbocycles. The Morgan fingerprint density at radius 1 is 1.00 bits per heavy atom. The number of para-hydroxylation sites is 1. The number of carbonyl (C=O) groups is 2. The topological polar surface area (TPSA) is 65.0 Å². The fourth-order valence-corrected chi connectivity index (χ4v) is 6.14. The van der Waals surface area contributed by atoms with Crippen molar-refractivity contribution in [3.8, 4) is 5.75 Å². The van der Waals surface area contributed by atoms with E-state index in [1.54, 1.807) is 7.11 Å². The average molecular weight is 506 g/mol. The van der Waals surface area contributed by atoms with Crippen molar-refractivity contribution >= 4 is 29.1 Å². The maximum atomic E-state index is 13.8. The van der Waals surface area contributed by atoms with Crippen LogP contribution in [0.2, 0.25) is 5.02 Å². The number of halogens is 1. The zero-order valence-electron chi connectivity index (χ0n) is 20.8. The number of allylic oxidation sites excluding steroid dienone is 2. The summed E-state index contributed by atoms with van der Waals surface area (Å²) in [5, 5.41) is 0.669. The van der Waals surface area contributed by atoms with Crippen molar-refractivity contribution in [1.82, 2.24) is 0 Å². The van der Waals surface area contributed by atoms with E-state index in [1.807, 2.05) is 55.5 Å². The molecule has 6 heteroatoms. The van der Waals surface area contributed by atoms with Crippen LogP contribution in [0.25, 0.3) is 0 Å². The van der Waals surface area contributed by atoms with Crippen molar-refractivity contribution in [2.24, 2.45) is 10.9 Å². The average Bonchev–Trinajstić information content (AvgIpc) is 2.88. The van der Waals surface area contributed by atoms with Gasteiger partial charge in [-0.05, 0) is 68.7 Å². The molecule has 0 amide bonds. The lowest BCUT2D eigenvalue weighted by molar-refractivity contribution is -0.153. The zero-order chi connectivity index (χ0) is 25.2. The van der Waals surface area contributed by atoms with E-state index in [-0.39, 0.29) is 23.8 Å². The minimum absolute atomic E-state index is 0.0223. The van der Waals surface area contributed by atoms with Crippen LogP contribution in [0.1, 0.15) is 74.8 Å². The molecule has 0 N–H and O–H groups in total. The number of benzene rings is 2. The molecule has 2 aliphatic carbocycles. The second-order valence-corrected chi connectivity index (χ2v) is 10.5. The van der Waals surface area contributed by atoms with Gasteiger partial charge >= 0.3 is 5.97 Å². The summed E-state index contributed by atoms with van der Waals surface area (Å²) >= 11 is 6.09. The smallest absolute Gasteiger partial charge is 0.315 e. The molecule has 0 radical (unpaired) electrons. The van der Waals surface area contributed by atoms with E-state index in [2.05, 4.69) is 0 Å². The molecule has 1 unspecified atom stereocenters. The van der Waals surface area contributed by atoms with Gasteiger partial charge in [0.15, 0.2) is 5.78 Å². The third-order valence-corrected chi connectivity index (χ3v) is 8.04. The molecule has 0 saturated heterocycles. The van der Waals surface area contributed by atoms with Crippen molar-refractivity contribution in [1.29, 1.82) is 0 Å². The summed E-state index contributed by atoms with van der Waals surface area (Å²) in [6.07, 6.45) is 6.05. The molecule has 0 spiro atoms. The van der Waals surface area contributed by atoms with Crippen molar-refractivity contribution in [2.75, 3.05) is 7.11 Å². The molecule has 2 aromatic carbocycles. The Balaban J connectivity index is 1.55. The SMILES string of the molecule is COc1ccccc1[C@H]1C2=C(C[C@H](c3ccc(Cl)cc3)CC2=O)N=C(C)C1C(=O)OC1CCCCC1. The van der Waals surface area contributed by atoms with Crippen LogP contribution in [0, 0.1) is 5.92 Å². The minimum Gasteiger partial charge on any atom is -0.496 e. The van der Waals surface area contributed by atoms with E-state index >= 15 is 0 Å². The molecule has 1 fully saturated rings. The highest BCUT2D eigenvalue weighted by molar-refractivity contribution is 6.30. The Morgan fingerprint density at radius 3 is 2.44 bits per heavy atom. The summed E-state index contributed by atoms with van der Waals surface area (Å²) in [6.45, 7) is 1.88. The Kier molecular flexibility index (Phi) is 7.29. The van der Waals surface area contributed by atoms with Crippen molar-refractivity contribution in [3.05, 3.63) is 76.0 Å². The molecule has 0 aromatic heterocycles. The van der Waals surface area contributed by atoms with Gasteiger partial charge in [0.2, 0.25) is 0 Å². The van der Waals surface area contributed by atoms with E-state index in [0.29, 0.717) is 34.9 Å². The fraction of sp³-hybridized carbons (Fsp3) is 0.433. The lowest BCUT2D eigenvalue weighted by Crippen LogP contribution is -2.39. The van der Waals surface area contributed by atoms with Crippen LogP contribution >= 0.6 is 11.6 Å². The van der Waals surface area contributed by atoms with Gasteiger partial charge in [0.25, 0.3) is 0 Å². The summed E-state index contributed by atoms with van der Waals surface area (Å²) in [4.78, 5) is 32.3. The number of Topliss-reactive ketones (excluding diaryl/α,β-unsaturated/α-hetero) is 1. The van der Waals surface area contributed by atoms with Crippen LogP contribution in [-0.4, -0.2) is 30.7 Å². The number of hydrogen-bond donors (Lipinski definition) is 0. The van der Waals surface area contributed by atoms with Gasteiger partial charge in [0.05, 0.1) is 7.11 Å². The molecular formula is C30H32ClNO4. The summed E-state index contributed by atoms with van der Waals surface area (Å²) < 4.78 is 11.7. The molecule has 2 aromatic rings. The molecule has 3 atom stereocenters.